The molecule has 0 unspecified atom stereocenters. The molecule has 1 N–H and O–H groups in total. The summed E-state index contributed by atoms with van der Waals surface area (Å²) >= 11 is 0. The van der Waals surface area contributed by atoms with Gasteiger partial charge in [0.05, 0.1) is 0 Å². The first-order chi connectivity index (χ1) is 10.4. The van der Waals surface area contributed by atoms with E-state index >= 15 is 0 Å². The molecule has 0 saturated heterocycles. The lowest BCUT2D eigenvalue weighted by Crippen LogP contribution is -1.98. The molecule has 4 heteroatoms. The van der Waals surface area contributed by atoms with Crippen LogP contribution >= 0.6 is 0 Å². The van der Waals surface area contributed by atoms with Gasteiger partial charge in [0.25, 0.3) is 0 Å². The van der Waals surface area contributed by atoms with Crippen LogP contribution in [0.25, 0.3) is 0 Å². The van der Waals surface area contributed by atoms with Gasteiger partial charge in [-0.05, 0) is 36.6 Å². The van der Waals surface area contributed by atoms with Gasteiger partial charge in [0.2, 0.25) is 5.95 Å². The molecule has 2 aromatic heterocycles. The van der Waals surface area contributed by atoms with Crippen molar-refractivity contribution in [1.82, 2.24) is 15.0 Å². The number of aryl methyl sites for hydroxylation is 1. The Morgan fingerprint density at radius 3 is 2.48 bits per heavy atom. The van der Waals surface area contributed by atoms with Crippen molar-refractivity contribution in [3.05, 3.63) is 42.4 Å². The number of hydrogen-bond acceptors (Lipinski definition) is 4. The molecule has 21 heavy (non-hydrogen) atoms. The number of nitrogens with zero attached hydrogens (tertiary/aromatic N) is 3. The first-order valence-corrected chi connectivity index (χ1v) is 7.87. The van der Waals surface area contributed by atoms with E-state index in [0.717, 1.165) is 12.2 Å². The summed E-state index contributed by atoms with van der Waals surface area (Å²) in [5, 5.41) is 3.13. The van der Waals surface area contributed by atoms with Crippen LogP contribution in [-0.2, 0) is 6.42 Å². The molecule has 4 nitrogen and oxygen atoms in total. The molecule has 0 amide bonds. The first kappa shape index (κ1) is 15.4. The lowest BCUT2D eigenvalue weighted by molar-refractivity contribution is 0.607. The number of pyridine rings is 1. The Balaban J connectivity index is 1.78. The largest absolute Gasteiger partial charge is 0.309 e. The van der Waals surface area contributed by atoms with E-state index in [-0.39, 0.29) is 0 Å². The lowest BCUT2D eigenvalue weighted by atomic mass is 10.1. The number of hydrogen-bond donors (Lipinski definition) is 1. The second-order valence-corrected chi connectivity index (χ2v) is 5.26. The van der Waals surface area contributed by atoms with E-state index in [4.69, 9.17) is 0 Å². The van der Waals surface area contributed by atoms with Crippen molar-refractivity contribution in [2.75, 3.05) is 5.32 Å². The highest BCUT2D eigenvalue weighted by Crippen LogP contribution is 2.14. The Bertz CT molecular complexity index is 513. The monoisotopic (exact) mass is 284 g/mol. The number of nitrogens with one attached hydrogen (secondary N) is 1. The molecular formula is C17H24N4. The van der Waals surface area contributed by atoms with Crippen molar-refractivity contribution < 1.29 is 0 Å². The summed E-state index contributed by atoms with van der Waals surface area (Å²) in [6.45, 7) is 2.25. The smallest absolute Gasteiger partial charge is 0.228 e. The van der Waals surface area contributed by atoms with E-state index in [1.165, 1.54) is 44.1 Å². The molecular weight excluding hydrogens is 260 g/mol. The molecule has 0 aliphatic rings. The van der Waals surface area contributed by atoms with Crippen LogP contribution in [0.5, 0.6) is 0 Å². The van der Waals surface area contributed by atoms with Crippen molar-refractivity contribution in [1.29, 1.82) is 0 Å². The first-order valence-electron chi connectivity index (χ1n) is 7.87. The average Bonchev–Trinajstić information content (AvgIpc) is 2.52. The minimum atomic E-state index is 0.585. The molecule has 0 aliphatic carbocycles. The summed E-state index contributed by atoms with van der Waals surface area (Å²) < 4.78 is 0. The molecule has 0 atom stereocenters. The Hall–Kier alpha value is -1.97. The Labute approximate surface area is 127 Å². The zero-order chi connectivity index (χ0) is 14.8. The van der Waals surface area contributed by atoms with E-state index in [2.05, 4.69) is 39.3 Å². The Morgan fingerprint density at radius 2 is 1.67 bits per heavy atom. The van der Waals surface area contributed by atoms with Gasteiger partial charge in [0, 0.05) is 18.6 Å². The molecule has 0 aliphatic heterocycles. The lowest BCUT2D eigenvalue weighted by Gasteiger charge is -2.06. The van der Waals surface area contributed by atoms with Crippen molar-refractivity contribution in [2.24, 2.45) is 0 Å². The summed E-state index contributed by atoms with van der Waals surface area (Å²) in [5.74, 6) is 1.39. The maximum atomic E-state index is 4.31. The second kappa shape index (κ2) is 9.06. The average molecular weight is 284 g/mol. The van der Waals surface area contributed by atoms with Crippen molar-refractivity contribution in [2.45, 2.75) is 51.9 Å². The summed E-state index contributed by atoms with van der Waals surface area (Å²) in [5.41, 5.74) is 1.32. The van der Waals surface area contributed by atoms with Crippen LogP contribution in [0.15, 0.2) is 36.8 Å². The molecule has 0 fully saturated rings. The third-order valence-electron chi connectivity index (χ3n) is 3.45. The van der Waals surface area contributed by atoms with Gasteiger partial charge in [0.1, 0.15) is 5.82 Å². The normalized spacial score (nSPS) is 10.5. The molecule has 2 aromatic rings. The Kier molecular flexibility index (Phi) is 6.65. The zero-order valence-corrected chi connectivity index (χ0v) is 12.8. The van der Waals surface area contributed by atoms with Crippen LogP contribution in [0, 0.1) is 0 Å². The number of rotatable bonds is 9. The van der Waals surface area contributed by atoms with Crippen molar-refractivity contribution in [3.63, 3.8) is 0 Å². The highest BCUT2D eigenvalue weighted by atomic mass is 15.1. The molecule has 2 rings (SSSR count). The van der Waals surface area contributed by atoms with E-state index in [0.29, 0.717) is 5.95 Å². The van der Waals surface area contributed by atoms with Crippen LogP contribution in [0.2, 0.25) is 0 Å². The maximum Gasteiger partial charge on any atom is 0.228 e. The fourth-order valence-corrected chi connectivity index (χ4v) is 2.29. The predicted molar refractivity (Wildman–Crippen MR) is 86.6 cm³/mol. The van der Waals surface area contributed by atoms with Gasteiger partial charge in [-0.3, -0.25) is 0 Å². The minimum absolute atomic E-state index is 0.585. The number of aromatic nitrogens is 3. The predicted octanol–water partition coefficient (Wildman–Crippen LogP) is 4.52. The van der Waals surface area contributed by atoms with Gasteiger partial charge in [0.15, 0.2) is 0 Å². The van der Waals surface area contributed by atoms with Gasteiger partial charge < -0.3 is 5.32 Å². The SMILES string of the molecule is CCCCCCCCc1ccnc(Nc2ncccn2)c1. The van der Waals surface area contributed by atoms with E-state index < -0.39 is 0 Å². The van der Waals surface area contributed by atoms with E-state index in [9.17, 15) is 0 Å². The molecule has 0 spiro atoms. The van der Waals surface area contributed by atoms with Gasteiger partial charge in [-0.2, -0.15) is 0 Å². The van der Waals surface area contributed by atoms with E-state index in [1.54, 1.807) is 18.5 Å². The van der Waals surface area contributed by atoms with Crippen LogP contribution in [0.3, 0.4) is 0 Å². The van der Waals surface area contributed by atoms with Crippen LogP contribution in [0.4, 0.5) is 11.8 Å². The topological polar surface area (TPSA) is 50.7 Å². The number of unbranched alkanes of at least 4 members (excludes halogenated alkanes) is 5. The maximum absolute atomic E-state index is 4.31. The second-order valence-electron chi connectivity index (χ2n) is 5.26. The van der Waals surface area contributed by atoms with Gasteiger partial charge in [-0.1, -0.05) is 39.0 Å². The molecule has 0 radical (unpaired) electrons. The highest BCUT2D eigenvalue weighted by molar-refractivity contribution is 5.48. The minimum Gasteiger partial charge on any atom is -0.309 e. The summed E-state index contributed by atoms with van der Waals surface area (Å²) in [4.78, 5) is 12.6. The third kappa shape index (κ3) is 5.90. The molecule has 0 aromatic carbocycles. The third-order valence-corrected chi connectivity index (χ3v) is 3.45. The quantitative estimate of drug-likeness (QED) is 0.688. The van der Waals surface area contributed by atoms with Gasteiger partial charge >= 0.3 is 0 Å². The van der Waals surface area contributed by atoms with Crippen LogP contribution in [0.1, 0.15) is 51.0 Å². The standard InChI is InChI=1S/C17H24N4/c1-2-3-4-5-6-7-9-15-10-13-18-16(14-15)21-17-19-11-8-12-20-17/h8,10-14H,2-7,9H2,1H3,(H,18,19,20,21). The van der Waals surface area contributed by atoms with Crippen molar-refractivity contribution >= 4 is 11.8 Å². The molecule has 0 saturated carbocycles. The molecule has 2 heterocycles. The molecule has 0 bridgehead atoms. The Morgan fingerprint density at radius 1 is 0.905 bits per heavy atom. The summed E-state index contributed by atoms with van der Waals surface area (Å²) in [7, 11) is 0. The number of anilines is 2. The van der Waals surface area contributed by atoms with Gasteiger partial charge in [-0.25, -0.2) is 15.0 Å². The van der Waals surface area contributed by atoms with Gasteiger partial charge in [-0.15, -0.1) is 0 Å². The highest BCUT2D eigenvalue weighted by Gasteiger charge is 2.00. The van der Waals surface area contributed by atoms with Crippen molar-refractivity contribution in [3.8, 4) is 0 Å². The summed E-state index contributed by atoms with van der Waals surface area (Å²) in [6, 6.07) is 5.97. The zero-order valence-electron chi connectivity index (χ0n) is 12.8. The fourth-order valence-electron chi connectivity index (χ4n) is 2.29. The van der Waals surface area contributed by atoms with Crippen LogP contribution in [-0.4, -0.2) is 15.0 Å². The summed E-state index contributed by atoms with van der Waals surface area (Å²) in [6.07, 6.45) is 14.3. The van der Waals surface area contributed by atoms with E-state index in [1.807, 2.05) is 6.20 Å². The fraction of sp³-hybridized carbons (Fsp3) is 0.471. The van der Waals surface area contributed by atoms with Crippen LogP contribution < -0.4 is 5.32 Å². The molecule has 112 valence electrons.